The zero-order chi connectivity index (χ0) is 35.7. The normalized spacial score (nSPS) is 16.7. The van der Waals surface area contributed by atoms with Crippen LogP contribution in [0.15, 0.2) is 0 Å². The summed E-state index contributed by atoms with van der Waals surface area (Å²) in [6.07, 6.45) is -75.0. The van der Waals surface area contributed by atoms with Crippen LogP contribution in [0.5, 0.6) is 0 Å². The molecule has 0 radical (unpaired) electrons. The zero-order valence-electron chi connectivity index (χ0n) is 18.8. The molecular formula is C15H6F27N. The van der Waals surface area contributed by atoms with Gasteiger partial charge in [0.25, 0.3) is 16.2 Å². The molecule has 43 heavy (non-hydrogen) atoms. The molecule has 0 bridgehead atoms. The fraction of sp³-hybridized carbons (Fsp3) is 1.00. The van der Waals surface area contributed by atoms with E-state index in [9.17, 15) is 119 Å². The lowest BCUT2D eigenvalue weighted by Crippen LogP contribution is -2.72. The van der Waals surface area contributed by atoms with Crippen molar-refractivity contribution in [3.8, 4) is 0 Å². The third-order valence-electron chi connectivity index (χ3n) is 5.74. The molecule has 0 aromatic carbocycles. The van der Waals surface area contributed by atoms with Crippen LogP contribution in [0.2, 0.25) is 0 Å². The SMILES string of the molecule is FC(F)(F)C(CN(CC(C(F)(F)F)(C(F)(F)F)C(F)(F)F)CC(C(F)(F)F)(C(F)(F)F)C(F)(F)F)(C(F)(F)F)C(F)(F)F. The zero-order valence-corrected chi connectivity index (χ0v) is 18.8. The van der Waals surface area contributed by atoms with Gasteiger partial charge in [-0.05, 0) is 0 Å². The predicted molar refractivity (Wildman–Crippen MR) is 78.2 cm³/mol. The van der Waals surface area contributed by atoms with Crippen LogP contribution in [0.4, 0.5) is 119 Å². The standard InChI is InChI=1S/C15H6F27N/c16-7(17,18)4(8(19,20)21,9(22,23)24)1-43(2-5(10(25,26)27,11(28,29)30)12(31,32)33)3-6(13(34,35)36,14(37,38)39)15(40,41)42/h1-3H2. The second-order valence-electron chi connectivity index (χ2n) is 8.34. The van der Waals surface area contributed by atoms with Crippen LogP contribution in [-0.4, -0.2) is 80.1 Å². The van der Waals surface area contributed by atoms with Crippen molar-refractivity contribution in [1.82, 2.24) is 4.90 Å². The van der Waals surface area contributed by atoms with Gasteiger partial charge in [0.1, 0.15) is 0 Å². The lowest BCUT2D eigenvalue weighted by atomic mass is 9.78. The summed E-state index contributed by atoms with van der Waals surface area (Å²) in [4.78, 5) is -3.43. The molecule has 0 saturated carbocycles. The Bertz CT molecular complexity index is 704. The van der Waals surface area contributed by atoms with E-state index in [-0.39, 0.29) is 0 Å². The van der Waals surface area contributed by atoms with E-state index in [1.807, 2.05) is 0 Å². The van der Waals surface area contributed by atoms with E-state index in [1.54, 1.807) is 0 Å². The Labute approximate surface area is 216 Å². The smallest absolute Gasteiger partial charge is 0.299 e. The number of nitrogens with zero attached hydrogens (tertiary/aromatic N) is 1. The number of alkyl halides is 27. The molecule has 0 aromatic rings. The molecular weight excluding hydrogens is 707 g/mol. The Morgan fingerprint density at radius 2 is 0.302 bits per heavy atom. The summed E-state index contributed by atoms with van der Waals surface area (Å²) >= 11 is 0. The minimum absolute atomic E-state index is 3.43. The molecule has 0 fully saturated rings. The molecule has 0 rings (SSSR count). The van der Waals surface area contributed by atoms with Crippen molar-refractivity contribution in [3.63, 3.8) is 0 Å². The van der Waals surface area contributed by atoms with Crippen LogP contribution in [0.25, 0.3) is 0 Å². The van der Waals surface area contributed by atoms with Crippen molar-refractivity contribution < 1.29 is 119 Å². The van der Waals surface area contributed by atoms with Gasteiger partial charge in [-0.15, -0.1) is 0 Å². The summed E-state index contributed by atoms with van der Waals surface area (Å²) in [7, 11) is 0. The lowest BCUT2D eigenvalue weighted by molar-refractivity contribution is -0.450. The topological polar surface area (TPSA) is 3.24 Å². The summed E-state index contributed by atoms with van der Waals surface area (Å²) in [5.74, 6) is 0. The minimum Gasteiger partial charge on any atom is -0.299 e. The molecule has 0 unspecified atom stereocenters. The van der Waals surface area contributed by atoms with Crippen LogP contribution in [0.1, 0.15) is 0 Å². The van der Waals surface area contributed by atoms with Crippen LogP contribution in [0, 0.1) is 16.2 Å². The molecule has 0 aliphatic rings. The van der Waals surface area contributed by atoms with Gasteiger partial charge >= 0.3 is 55.6 Å². The largest absolute Gasteiger partial charge is 0.413 e. The van der Waals surface area contributed by atoms with E-state index in [0.29, 0.717) is 0 Å². The molecule has 0 N–H and O–H groups in total. The Morgan fingerprint density at radius 1 is 0.209 bits per heavy atom. The molecule has 0 spiro atoms. The maximum absolute atomic E-state index is 13.2. The first kappa shape index (κ1) is 41.1. The molecule has 0 aromatic heterocycles. The van der Waals surface area contributed by atoms with Crippen molar-refractivity contribution in [2.75, 3.05) is 19.6 Å². The maximum Gasteiger partial charge on any atom is 0.413 e. The van der Waals surface area contributed by atoms with Crippen LogP contribution >= 0.6 is 0 Å². The number of hydrogen-bond acceptors (Lipinski definition) is 1. The predicted octanol–water partition coefficient (Wildman–Crippen LogP) is 9.31. The van der Waals surface area contributed by atoms with Crippen molar-refractivity contribution in [2.24, 2.45) is 16.2 Å². The van der Waals surface area contributed by atoms with E-state index < -0.39 is 96.4 Å². The van der Waals surface area contributed by atoms with Gasteiger partial charge in [-0.25, -0.2) is 0 Å². The minimum atomic E-state index is -8.34. The highest BCUT2D eigenvalue weighted by atomic mass is 19.5. The van der Waals surface area contributed by atoms with Gasteiger partial charge in [-0.2, -0.15) is 119 Å². The van der Waals surface area contributed by atoms with Crippen LogP contribution < -0.4 is 0 Å². The number of rotatable bonds is 6. The van der Waals surface area contributed by atoms with Gasteiger partial charge in [-0.3, -0.25) is 4.90 Å². The Hall–Kier alpha value is -1.93. The third kappa shape index (κ3) is 6.56. The summed E-state index contributed by atoms with van der Waals surface area (Å²) in [6.45, 7) is -15.9. The van der Waals surface area contributed by atoms with Gasteiger partial charge in [0, 0.05) is 19.6 Å². The van der Waals surface area contributed by atoms with E-state index in [1.165, 1.54) is 0 Å². The molecule has 0 heterocycles. The molecule has 0 atom stereocenters. The van der Waals surface area contributed by atoms with E-state index in [2.05, 4.69) is 0 Å². The molecule has 0 aliphatic carbocycles. The highest BCUT2D eigenvalue weighted by Gasteiger charge is 2.89. The summed E-state index contributed by atoms with van der Waals surface area (Å²) in [5, 5.41) is 0. The Kier molecular flexibility index (Phi) is 10.1. The highest BCUT2D eigenvalue weighted by molar-refractivity contribution is 5.09. The molecule has 1 nitrogen and oxygen atoms in total. The molecule has 28 heteroatoms. The average molecular weight is 713 g/mol. The van der Waals surface area contributed by atoms with E-state index in [0.717, 1.165) is 0 Å². The Morgan fingerprint density at radius 3 is 0.372 bits per heavy atom. The van der Waals surface area contributed by atoms with Gasteiger partial charge in [-0.1, -0.05) is 0 Å². The monoisotopic (exact) mass is 713 g/mol. The Balaban J connectivity index is 8.47. The van der Waals surface area contributed by atoms with Crippen molar-refractivity contribution in [3.05, 3.63) is 0 Å². The third-order valence-corrected chi connectivity index (χ3v) is 5.74. The van der Waals surface area contributed by atoms with Crippen molar-refractivity contribution in [1.29, 1.82) is 0 Å². The van der Waals surface area contributed by atoms with E-state index >= 15 is 0 Å². The van der Waals surface area contributed by atoms with Gasteiger partial charge in [0.15, 0.2) is 0 Å². The average Bonchev–Trinajstić information content (AvgIpc) is 2.57. The van der Waals surface area contributed by atoms with Crippen LogP contribution in [0.3, 0.4) is 0 Å². The molecule has 0 saturated heterocycles. The summed E-state index contributed by atoms with van der Waals surface area (Å²) < 4.78 is 356. The summed E-state index contributed by atoms with van der Waals surface area (Å²) in [5.41, 5.74) is -24.5. The first-order chi connectivity index (χ1) is 18.0. The lowest BCUT2D eigenvalue weighted by Gasteiger charge is -2.48. The molecule has 0 aliphatic heterocycles. The van der Waals surface area contributed by atoms with Gasteiger partial charge in [0.05, 0.1) is 0 Å². The second-order valence-corrected chi connectivity index (χ2v) is 8.34. The fourth-order valence-electron chi connectivity index (χ4n) is 3.43. The molecule has 260 valence electrons. The quantitative estimate of drug-likeness (QED) is 0.248. The van der Waals surface area contributed by atoms with Crippen molar-refractivity contribution >= 4 is 0 Å². The fourth-order valence-corrected chi connectivity index (χ4v) is 3.43. The van der Waals surface area contributed by atoms with E-state index in [4.69, 9.17) is 0 Å². The maximum atomic E-state index is 13.2. The van der Waals surface area contributed by atoms with Crippen molar-refractivity contribution in [2.45, 2.75) is 55.6 Å². The first-order valence-electron chi connectivity index (χ1n) is 9.36. The number of hydrogen-bond donors (Lipinski definition) is 0. The van der Waals surface area contributed by atoms with Gasteiger partial charge in [0.2, 0.25) is 0 Å². The molecule has 0 amide bonds. The van der Waals surface area contributed by atoms with Gasteiger partial charge < -0.3 is 0 Å². The highest BCUT2D eigenvalue weighted by Crippen LogP contribution is 2.65. The van der Waals surface area contributed by atoms with Crippen LogP contribution in [-0.2, 0) is 0 Å². The first-order valence-corrected chi connectivity index (χ1v) is 9.36. The second kappa shape index (κ2) is 10.6. The number of halogens is 27. The summed E-state index contributed by atoms with van der Waals surface area (Å²) in [6, 6.07) is 0.